The Labute approximate surface area is 130 Å². The first kappa shape index (κ1) is 17.5. The van der Waals surface area contributed by atoms with Gasteiger partial charge in [0.15, 0.2) is 6.04 Å². The summed E-state index contributed by atoms with van der Waals surface area (Å²) in [7, 11) is 1.32. The van der Waals surface area contributed by atoms with E-state index in [4.69, 9.17) is 10.5 Å². The maximum Gasteiger partial charge on any atom is 0.333 e. The summed E-state index contributed by atoms with van der Waals surface area (Å²) >= 11 is 0. The quantitative estimate of drug-likeness (QED) is 0.827. The van der Waals surface area contributed by atoms with E-state index >= 15 is 0 Å². The Kier molecular flexibility index (Phi) is 6.65. The van der Waals surface area contributed by atoms with Crippen LogP contribution in [-0.4, -0.2) is 25.0 Å². The molecule has 0 bridgehead atoms. The fourth-order valence-corrected chi connectivity index (χ4v) is 2.56. The van der Waals surface area contributed by atoms with E-state index in [-0.39, 0.29) is 30.3 Å². The van der Waals surface area contributed by atoms with Crippen LogP contribution in [0.15, 0.2) is 30.3 Å². The summed E-state index contributed by atoms with van der Waals surface area (Å²) in [4.78, 5) is 24.1. The van der Waals surface area contributed by atoms with Crippen molar-refractivity contribution < 1.29 is 14.3 Å². The molecular weight excluding hydrogens is 292 g/mol. The maximum atomic E-state index is 12.2. The zero-order chi connectivity index (χ0) is 14.5. The van der Waals surface area contributed by atoms with Gasteiger partial charge in [-0.05, 0) is 24.8 Å². The highest BCUT2D eigenvalue weighted by molar-refractivity contribution is 5.86. The molecule has 0 aromatic heterocycles. The van der Waals surface area contributed by atoms with E-state index in [0.29, 0.717) is 6.42 Å². The van der Waals surface area contributed by atoms with Crippen LogP contribution in [0, 0.1) is 5.92 Å². The molecular formula is C15H21ClN2O3. The lowest BCUT2D eigenvalue weighted by atomic mass is 10.0. The largest absolute Gasteiger partial charge is 0.467 e. The summed E-state index contributed by atoms with van der Waals surface area (Å²) in [5.41, 5.74) is 6.54. The van der Waals surface area contributed by atoms with Crippen molar-refractivity contribution in [3.05, 3.63) is 35.9 Å². The maximum absolute atomic E-state index is 12.2. The first-order valence-corrected chi connectivity index (χ1v) is 6.80. The van der Waals surface area contributed by atoms with Gasteiger partial charge in [0.05, 0.1) is 7.11 Å². The number of hydrogen-bond acceptors (Lipinski definition) is 4. The van der Waals surface area contributed by atoms with Crippen LogP contribution in [0.4, 0.5) is 0 Å². The number of nitrogens with two attached hydrogens (primary N) is 1. The molecule has 1 aromatic carbocycles. The molecule has 1 aliphatic rings. The predicted octanol–water partition coefficient (Wildman–Crippen LogP) is 1.57. The number of carbonyl (C=O) groups is 2. The molecule has 3 atom stereocenters. The fourth-order valence-electron chi connectivity index (χ4n) is 2.56. The van der Waals surface area contributed by atoms with Gasteiger partial charge in [-0.3, -0.25) is 4.79 Å². The van der Waals surface area contributed by atoms with Crippen LogP contribution >= 0.6 is 12.4 Å². The zero-order valence-electron chi connectivity index (χ0n) is 12.0. The molecule has 1 aliphatic carbocycles. The Bertz CT molecular complexity index is 481. The van der Waals surface area contributed by atoms with Crippen molar-refractivity contribution in [3.63, 3.8) is 0 Å². The van der Waals surface area contributed by atoms with Crippen molar-refractivity contribution >= 4 is 24.3 Å². The molecule has 1 fully saturated rings. The number of esters is 1. The topological polar surface area (TPSA) is 81.4 Å². The highest BCUT2D eigenvalue weighted by atomic mass is 35.5. The number of amides is 1. The normalized spacial score (nSPS) is 22.0. The molecule has 1 saturated carbocycles. The second kappa shape index (κ2) is 8.00. The second-order valence-electron chi connectivity index (χ2n) is 5.15. The Morgan fingerprint density at radius 3 is 2.48 bits per heavy atom. The van der Waals surface area contributed by atoms with E-state index in [9.17, 15) is 9.59 Å². The summed E-state index contributed by atoms with van der Waals surface area (Å²) in [6.45, 7) is 0. The van der Waals surface area contributed by atoms with Crippen molar-refractivity contribution in [2.75, 3.05) is 7.11 Å². The van der Waals surface area contributed by atoms with Crippen molar-refractivity contribution in [1.82, 2.24) is 5.32 Å². The summed E-state index contributed by atoms with van der Waals surface area (Å²) in [6, 6.07) is 8.41. The standard InChI is InChI=1S/C15H20N2O3.ClH/c1-20-15(19)13(10-5-3-2-4-6-10)17-14(18)11-7-8-12(16)9-11;/h2-6,11-13H,7-9,16H2,1H3,(H,17,18);1H. The van der Waals surface area contributed by atoms with E-state index in [1.54, 1.807) is 12.1 Å². The summed E-state index contributed by atoms with van der Waals surface area (Å²) in [5.74, 6) is -0.704. The van der Waals surface area contributed by atoms with Crippen molar-refractivity contribution in [1.29, 1.82) is 0 Å². The van der Waals surface area contributed by atoms with E-state index < -0.39 is 12.0 Å². The highest BCUT2D eigenvalue weighted by Crippen LogP contribution is 2.25. The third-order valence-electron chi connectivity index (χ3n) is 3.70. The number of halogens is 1. The van der Waals surface area contributed by atoms with E-state index in [1.165, 1.54) is 7.11 Å². The molecule has 21 heavy (non-hydrogen) atoms. The van der Waals surface area contributed by atoms with Crippen LogP contribution in [0.2, 0.25) is 0 Å². The van der Waals surface area contributed by atoms with E-state index in [1.807, 2.05) is 18.2 Å². The van der Waals surface area contributed by atoms with Crippen molar-refractivity contribution in [2.24, 2.45) is 11.7 Å². The Morgan fingerprint density at radius 1 is 1.29 bits per heavy atom. The molecule has 3 unspecified atom stereocenters. The lowest BCUT2D eigenvalue weighted by Gasteiger charge is -2.19. The van der Waals surface area contributed by atoms with E-state index in [2.05, 4.69) is 5.32 Å². The predicted molar refractivity (Wildman–Crippen MR) is 81.9 cm³/mol. The SMILES string of the molecule is COC(=O)C(NC(=O)C1CCC(N)C1)c1ccccc1.Cl. The molecule has 0 spiro atoms. The van der Waals surface area contributed by atoms with Crippen LogP contribution in [0.1, 0.15) is 30.9 Å². The molecule has 116 valence electrons. The van der Waals surface area contributed by atoms with Gasteiger partial charge in [-0.15, -0.1) is 12.4 Å². The molecule has 0 saturated heterocycles. The Balaban J connectivity index is 0.00000220. The van der Waals surface area contributed by atoms with Crippen LogP contribution in [0.3, 0.4) is 0 Å². The van der Waals surface area contributed by atoms with Gasteiger partial charge in [-0.25, -0.2) is 4.79 Å². The molecule has 1 aromatic rings. The molecule has 1 amide bonds. The first-order chi connectivity index (χ1) is 9.61. The molecule has 0 radical (unpaired) electrons. The van der Waals surface area contributed by atoms with Crippen LogP contribution in [-0.2, 0) is 14.3 Å². The lowest BCUT2D eigenvalue weighted by molar-refractivity contribution is -0.145. The summed E-state index contributed by atoms with van der Waals surface area (Å²) in [6.07, 6.45) is 2.30. The molecule has 0 aliphatic heterocycles. The minimum Gasteiger partial charge on any atom is -0.467 e. The van der Waals surface area contributed by atoms with Crippen LogP contribution in [0.5, 0.6) is 0 Å². The molecule has 5 nitrogen and oxygen atoms in total. The molecule has 6 heteroatoms. The molecule has 3 N–H and O–H groups in total. The number of ether oxygens (including phenoxy) is 1. The van der Waals surface area contributed by atoms with Gasteiger partial charge in [0.1, 0.15) is 0 Å². The lowest BCUT2D eigenvalue weighted by Crippen LogP contribution is -2.38. The van der Waals surface area contributed by atoms with Gasteiger partial charge in [0.2, 0.25) is 5.91 Å². The average Bonchev–Trinajstić information content (AvgIpc) is 2.91. The van der Waals surface area contributed by atoms with Crippen LogP contribution < -0.4 is 11.1 Å². The second-order valence-corrected chi connectivity index (χ2v) is 5.15. The molecule has 0 heterocycles. The van der Waals surface area contributed by atoms with Gasteiger partial charge >= 0.3 is 5.97 Å². The Morgan fingerprint density at radius 2 is 1.95 bits per heavy atom. The van der Waals surface area contributed by atoms with Gasteiger partial charge in [0, 0.05) is 12.0 Å². The highest BCUT2D eigenvalue weighted by Gasteiger charge is 2.31. The van der Waals surface area contributed by atoms with E-state index in [0.717, 1.165) is 18.4 Å². The monoisotopic (exact) mass is 312 g/mol. The molecule has 2 rings (SSSR count). The number of carbonyl (C=O) groups excluding carboxylic acids is 2. The van der Waals surface area contributed by atoms with Crippen molar-refractivity contribution in [3.8, 4) is 0 Å². The smallest absolute Gasteiger partial charge is 0.333 e. The summed E-state index contributed by atoms with van der Waals surface area (Å²) in [5, 5.41) is 2.78. The number of methoxy groups -OCH3 is 1. The summed E-state index contributed by atoms with van der Waals surface area (Å²) < 4.78 is 4.77. The minimum atomic E-state index is -0.759. The van der Waals surface area contributed by atoms with Gasteiger partial charge in [-0.2, -0.15) is 0 Å². The number of benzene rings is 1. The Hall–Kier alpha value is -1.59. The zero-order valence-corrected chi connectivity index (χ0v) is 12.8. The number of rotatable bonds is 4. The number of nitrogens with one attached hydrogen (secondary N) is 1. The average molecular weight is 313 g/mol. The van der Waals surface area contributed by atoms with Gasteiger partial charge in [0.25, 0.3) is 0 Å². The van der Waals surface area contributed by atoms with Crippen molar-refractivity contribution in [2.45, 2.75) is 31.3 Å². The third kappa shape index (κ3) is 4.44. The van der Waals surface area contributed by atoms with Crippen LogP contribution in [0.25, 0.3) is 0 Å². The van der Waals surface area contributed by atoms with Gasteiger partial charge < -0.3 is 15.8 Å². The number of hydrogen-bond donors (Lipinski definition) is 2. The van der Waals surface area contributed by atoms with Gasteiger partial charge in [-0.1, -0.05) is 30.3 Å². The third-order valence-corrected chi connectivity index (χ3v) is 3.70. The first-order valence-electron chi connectivity index (χ1n) is 6.80. The fraction of sp³-hybridized carbons (Fsp3) is 0.467. The minimum absolute atomic E-state index is 0.